The first kappa shape index (κ1) is 9.77. The first-order valence-corrected chi connectivity index (χ1v) is 5.45. The van der Waals surface area contributed by atoms with Gasteiger partial charge in [0.05, 0.1) is 0 Å². The predicted octanol–water partition coefficient (Wildman–Crippen LogP) is 1.32. The molecule has 1 aliphatic heterocycles. The first-order chi connectivity index (χ1) is 6.70. The maximum atomic E-state index is 10.5. The van der Waals surface area contributed by atoms with E-state index in [0.29, 0.717) is 0 Å². The number of carbonyl (C=O) groups is 1. The van der Waals surface area contributed by atoms with Crippen molar-refractivity contribution in [3.05, 3.63) is 0 Å². The minimum atomic E-state index is -0.898. The summed E-state index contributed by atoms with van der Waals surface area (Å²) < 4.78 is 0. The summed E-state index contributed by atoms with van der Waals surface area (Å²) in [6.07, 6.45) is 6.40. The number of carboxylic acid groups (broad SMARTS) is 1. The van der Waals surface area contributed by atoms with E-state index in [1.165, 1.54) is 32.1 Å². The van der Waals surface area contributed by atoms with E-state index >= 15 is 0 Å². The second-order valence-corrected chi connectivity index (χ2v) is 4.57. The van der Waals surface area contributed by atoms with Crippen LogP contribution in [-0.2, 0) is 0 Å². The van der Waals surface area contributed by atoms with Crippen LogP contribution in [0.25, 0.3) is 0 Å². The van der Waals surface area contributed by atoms with Crippen molar-refractivity contribution in [1.82, 2.24) is 10.6 Å². The van der Waals surface area contributed by atoms with E-state index in [1.807, 2.05) is 0 Å². The van der Waals surface area contributed by atoms with Crippen LogP contribution in [0.15, 0.2) is 0 Å². The van der Waals surface area contributed by atoms with Crippen LogP contribution in [0.5, 0.6) is 0 Å². The normalized spacial score (nSPS) is 30.4. The van der Waals surface area contributed by atoms with E-state index in [2.05, 4.69) is 10.6 Å². The molecular formula is C10H18N2O2. The lowest BCUT2D eigenvalue weighted by molar-refractivity contribution is 0.189. The molecule has 14 heavy (non-hydrogen) atoms. The number of amides is 1. The summed E-state index contributed by atoms with van der Waals surface area (Å²) in [5, 5.41) is 14.7. The quantitative estimate of drug-likeness (QED) is 0.595. The molecule has 2 rings (SSSR count). The van der Waals surface area contributed by atoms with Crippen LogP contribution in [0, 0.1) is 0 Å². The van der Waals surface area contributed by atoms with Gasteiger partial charge in [0.2, 0.25) is 0 Å². The third-order valence-corrected chi connectivity index (χ3v) is 3.50. The third kappa shape index (κ3) is 2.00. The number of nitrogens with one attached hydrogen (secondary N) is 2. The van der Waals surface area contributed by atoms with Crippen LogP contribution >= 0.6 is 0 Å². The van der Waals surface area contributed by atoms with Gasteiger partial charge in [0.15, 0.2) is 0 Å². The van der Waals surface area contributed by atoms with Gasteiger partial charge >= 0.3 is 6.09 Å². The van der Waals surface area contributed by atoms with Crippen molar-refractivity contribution < 1.29 is 9.90 Å². The SMILES string of the molecule is O=C(O)NC1CNC2(CCCCC2)C1. The average molecular weight is 198 g/mol. The molecule has 1 amide bonds. The van der Waals surface area contributed by atoms with E-state index in [0.717, 1.165) is 13.0 Å². The van der Waals surface area contributed by atoms with E-state index in [9.17, 15) is 4.79 Å². The van der Waals surface area contributed by atoms with Crippen LogP contribution < -0.4 is 10.6 Å². The molecule has 0 aromatic rings. The molecule has 4 heteroatoms. The Labute approximate surface area is 84.1 Å². The van der Waals surface area contributed by atoms with Crippen LogP contribution in [-0.4, -0.2) is 29.3 Å². The highest BCUT2D eigenvalue weighted by molar-refractivity contribution is 5.65. The fourth-order valence-electron chi connectivity index (χ4n) is 2.84. The van der Waals surface area contributed by atoms with Crippen molar-refractivity contribution in [3.8, 4) is 0 Å². The molecule has 2 aliphatic rings. The lowest BCUT2D eigenvalue weighted by Crippen LogP contribution is -2.41. The maximum Gasteiger partial charge on any atom is 0.404 e. The second kappa shape index (κ2) is 3.77. The molecule has 0 bridgehead atoms. The molecule has 0 aromatic carbocycles. The molecular weight excluding hydrogens is 180 g/mol. The Morgan fingerprint density at radius 2 is 2.07 bits per heavy atom. The fourth-order valence-corrected chi connectivity index (χ4v) is 2.84. The molecule has 80 valence electrons. The number of hydrogen-bond acceptors (Lipinski definition) is 2. The molecule has 1 saturated heterocycles. The zero-order valence-electron chi connectivity index (χ0n) is 8.38. The standard InChI is InChI=1S/C10H18N2O2/c13-9(14)12-8-6-10(11-7-8)4-2-1-3-5-10/h8,11-12H,1-7H2,(H,13,14). The second-order valence-electron chi connectivity index (χ2n) is 4.57. The summed E-state index contributed by atoms with van der Waals surface area (Å²) in [5.41, 5.74) is 0.255. The van der Waals surface area contributed by atoms with Gasteiger partial charge in [0.1, 0.15) is 0 Å². The predicted molar refractivity (Wildman–Crippen MR) is 53.4 cm³/mol. The molecule has 2 fully saturated rings. The summed E-state index contributed by atoms with van der Waals surface area (Å²) in [4.78, 5) is 10.5. The van der Waals surface area contributed by atoms with Gasteiger partial charge < -0.3 is 15.7 Å². The van der Waals surface area contributed by atoms with Gasteiger partial charge in [-0.1, -0.05) is 19.3 Å². The summed E-state index contributed by atoms with van der Waals surface area (Å²) in [5.74, 6) is 0. The Balaban J connectivity index is 1.89. The molecule has 1 unspecified atom stereocenters. The van der Waals surface area contributed by atoms with Crippen molar-refractivity contribution >= 4 is 6.09 Å². The Morgan fingerprint density at radius 3 is 2.71 bits per heavy atom. The van der Waals surface area contributed by atoms with Crippen LogP contribution in [0.2, 0.25) is 0 Å². The first-order valence-electron chi connectivity index (χ1n) is 5.45. The van der Waals surface area contributed by atoms with Gasteiger partial charge in [0, 0.05) is 18.1 Å². The smallest absolute Gasteiger partial charge is 0.404 e. The average Bonchev–Trinajstić information content (AvgIpc) is 2.49. The zero-order chi connectivity index (χ0) is 10.0. The monoisotopic (exact) mass is 198 g/mol. The number of rotatable bonds is 1. The lowest BCUT2D eigenvalue weighted by atomic mass is 9.80. The van der Waals surface area contributed by atoms with Gasteiger partial charge in [0.25, 0.3) is 0 Å². The molecule has 0 radical (unpaired) electrons. The Bertz CT molecular complexity index is 224. The van der Waals surface area contributed by atoms with Crippen molar-refractivity contribution in [2.24, 2.45) is 0 Å². The Kier molecular flexibility index (Phi) is 2.63. The largest absolute Gasteiger partial charge is 0.465 e. The van der Waals surface area contributed by atoms with Gasteiger partial charge in [-0.15, -0.1) is 0 Å². The summed E-state index contributed by atoms with van der Waals surface area (Å²) in [7, 11) is 0. The molecule has 4 nitrogen and oxygen atoms in total. The molecule has 1 heterocycles. The molecule has 0 aromatic heterocycles. The molecule has 1 spiro atoms. The Morgan fingerprint density at radius 1 is 1.36 bits per heavy atom. The van der Waals surface area contributed by atoms with Crippen LogP contribution in [0.4, 0.5) is 4.79 Å². The van der Waals surface area contributed by atoms with Gasteiger partial charge in [-0.2, -0.15) is 0 Å². The maximum absolute atomic E-state index is 10.5. The molecule has 1 aliphatic carbocycles. The van der Waals surface area contributed by atoms with Crippen LogP contribution in [0.1, 0.15) is 38.5 Å². The van der Waals surface area contributed by atoms with Gasteiger partial charge in [-0.3, -0.25) is 0 Å². The van der Waals surface area contributed by atoms with Gasteiger partial charge in [-0.05, 0) is 19.3 Å². The summed E-state index contributed by atoms with van der Waals surface area (Å²) >= 11 is 0. The molecule has 3 N–H and O–H groups in total. The van der Waals surface area contributed by atoms with E-state index in [-0.39, 0.29) is 11.6 Å². The van der Waals surface area contributed by atoms with Crippen molar-refractivity contribution in [2.45, 2.75) is 50.1 Å². The topological polar surface area (TPSA) is 61.4 Å². The third-order valence-electron chi connectivity index (χ3n) is 3.50. The summed E-state index contributed by atoms with van der Waals surface area (Å²) in [6, 6.07) is 0.116. The summed E-state index contributed by atoms with van der Waals surface area (Å²) in [6.45, 7) is 0.798. The molecule has 1 atom stereocenters. The Hall–Kier alpha value is -0.770. The van der Waals surface area contributed by atoms with Crippen LogP contribution in [0.3, 0.4) is 0 Å². The lowest BCUT2D eigenvalue weighted by Gasteiger charge is -2.33. The highest BCUT2D eigenvalue weighted by Gasteiger charge is 2.39. The minimum absolute atomic E-state index is 0.116. The zero-order valence-corrected chi connectivity index (χ0v) is 8.38. The highest BCUT2D eigenvalue weighted by atomic mass is 16.4. The van der Waals surface area contributed by atoms with Gasteiger partial charge in [-0.25, -0.2) is 4.79 Å². The van der Waals surface area contributed by atoms with E-state index < -0.39 is 6.09 Å². The molecule has 1 saturated carbocycles. The van der Waals surface area contributed by atoms with E-state index in [1.54, 1.807) is 0 Å². The van der Waals surface area contributed by atoms with Crippen molar-refractivity contribution in [2.75, 3.05) is 6.54 Å². The highest BCUT2D eigenvalue weighted by Crippen LogP contribution is 2.34. The van der Waals surface area contributed by atoms with Crippen molar-refractivity contribution in [3.63, 3.8) is 0 Å². The minimum Gasteiger partial charge on any atom is -0.465 e. The van der Waals surface area contributed by atoms with Crippen molar-refractivity contribution in [1.29, 1.82) is 0 Å². The number of hydrogen-bond donors (Lipinski definition) is 3. The fraction of sp³-hybridized carbons (Fsp3) is 0.900. The van der Waals surface area contributed by atoms with E-state index in [4.69, 9.17) is 5.11 Å².